The highest BCUT2D eigenvalue weighted by atomic mass is 19.4. The first-order valence-corrected chi connectivity index (χ1v) is 6.07. The lowest BCUT2D eigenvalue weighted by atomic mass is 10.1. The molecule has 0 fully saturated rings. The zero-order valence-electron chi connectivity index (χ0n) is 10.7. The average Bonchev–Trinajstić information content (AvgIpc) is 2.82. The molecule has 0 amide bonds. The Kier molecular flexibility index (Phi) is 3.74. The molecule has 3 N–H and O–H groups in total. The molecule has 0 bridgehead atoms. The summed E-state index contributed by atoms with van der Waals surface area (Å²) >= 11 is 0. The summed E-state index contributed by atoms with van der Waals surface area (Å²) < 4.78 is 42.5. The van der Waals surface area contributed by atoms with Gasteiger partial charge in [-0.3, -0.25) is 0 Å². The average molecular weight is 289 g/mol. The van der Waals surface area contributed by atoms with Gasteiger partial charge in [-0.1, -0.05) is 5.16 Å². The molecule has 0 saturated carbocycles. The van der Waals surface area contributed by atoms with Gasteiger partial charge in [-0.05, 0) is 37.8 Å². The summed E-state index contributed by atoms with van der Waals surface area (Å²) in [7, 11) is 0. The first-order valence-electron chi connectivity index (χ1n) is 6.07. The Morgan fingerprint density at radius 2 is 2.20 bits per heavy atom. The quantitative estimate of drug-likeness (QED) is 0.386. The van der Waals surface area contributed by atoms with E-state index in [1.807, 2.05) is 0 Å². The predicted octanol–water partition coefficient (Wildman–Crippen LogP) is 1.99. The zero-order chi connectivity index (χ0) is 14.9. The molecule has 1 aromatic heterocycles. The number of hydrogen-bond acceptors (Lipinski definition) is 4. The second-order valence-corrected chi connectivity index (χ2v) is 4.59. The van der Waals surface area contributed by atoms with Crippen LogP contribution in [0, 0.1) is 0 Å². The molecule has 0 aromatic carbocycles. The fraction of sp³-hybridized carbons (Fsp3) is 0.500. The Hall–Kier alpha value is -1.99. The maximum absolute atomic E-state index is 12.6. The maximum atomic E-state index is 12.6. The van der Waals surface area contributed by atoms with E-state index >= 15 is 0 Å². The molecule has 1 heterocycles. The smallest absolute Gasteiger partial charge is 0.425 e. The number of halogens is 3. The van der Waals surface area contributed by atoms with Gasteiger partial charge in [0.25, 0.3) is 0 Å². The summed E-state index contributed by atoms with van der Waals surface area (Å²) in [4.78, 5) is 4.08. The Morgan fingerprint density at radius 1 is 1.50 bits per heavy atom. The molecular weight excluding hydrogens is 275 g/mol. The fourth-order valence-electron chi connectivity index (χ4n) is 2.01. The summed E-state index contributed by atoms with van der Waals surface area (Å²) in [6, 6.07) is 1.57. The fourth-order valence-corrected chi connectivity index (χ4v) is 2.01. The van der Waals surface area contributed by atoms with Crippen LogP contribution in [0.4, 0.5) is 13.2 Å². The Labute approximate surface area is 113 Å². The van der Waals surface area contributed by atoms with Gasteiger partial charge in [0.1, 0.15) is 0 Å². The van der Waals surface area contributed by atoms with E-state index in [2.05, 4.69) is 10.1 Å². The monoisotopic (exact) mass is 289 g/mol. The number of alkyl halides is 3. The molecule has 0 aliphatic heterocycles. The number of nitrogens with zero attached hydrogens (tertiary/aromatic N) is 2. The molecule has 0 spiro atoms. The minimum atomic E-state index is -4.51. The molecule has 8 heteroatoms. The number of pyridine rings is 1. The number of aryl methyl sites for hydroxylation is 2. The summed E-state index contributed by atoms with van der Waals surface area (Å²) in [6.07, 6.45) is -4.22. The van der Waals surface area contributed by atoms with E-state index in [-0.39, 0.29) is 17.3 Å². The highest BCUT2D eigenvalue weighted by molar-refractivity contribution is 5.99. The molecule has 1 aromatic rings. The van der Waals surface area contributed by atoms with E-state index in [4.69, 9.17) is 15.7 Å². The van der Waals surface area contributed by atoms with Crippen molar-refractivity contribution >= 4 is 5.84 Å². The number of ether oxygens (including phenoxy) is 1. The largest absolute Gasteiger partial charge is 0.464 e. The van der Waals surface area contributed by atoms with Crippen molar-refractivity contribution in [1.82, 2.24) is 4.98 Å². The van der Waals surface area contributed by atoms with Gasteiger partial charge in [0, 0.05) is 5.69 Å². The number of aromatic nitrogens is 1. The first kappa shape index (κ1) is 14.4. The number of rotatable bonds is 3. The van der Waals surface area contributed by atoms with Gasteiger partial charge in [-0.25, -0.2) is 4.98 Å². The van der Waals surface area contributed by atoms with Crippen LogP contribution >= 0.6 is 0 Å². The molecule has 0 saturated heterocycles. The van der Waals surface area contributed by atoms with Crippen LogP contribution in [0.2, 0.25) is 0 Å². The number of amidine groups is 1. The van der Waals surface area contributed by atoms with Crippen LogP contribution in [-0.2, 0) is 12.8 Å². The second kappa shape index (κ2) is 5.18. The van der Waals surface area contributed by atoms with Gasteiger partial charge in [0.05, 0.1) is 5.56 Å². The third kappa shape index (κ3) is 2.78. The van der Waals surface area contributed by atoms with Crippen molar-refractivity contribution in [2.24, 2.45) is 10.9 Å². The van der Waals surface area contributed by atoms with Crippen LogP contribution in [-0.4, -0.2) is 28.3 Å². The Morgan fingerprint density at radius 3 is 2.80 bits per heavy atom. The van der Waals surface area contributed by atoms with Gasteiger partial charge in [0.2, 0.25) is 5.88 Å². The second-order valence-electron chi connectivity index (χ2n) is 4.59. The number of oxime groups is 1. The summed E-state index contributed by atoms with van der Waals surface area (Å²) in [5.41, 5.74) is 7.13. The van der Waals surface area contributed by atoms with Gasteiger partial charge >= 0.3 is 6.18 Å². The van der Waals surface area contributed by atoms with Gasteiger partial charge in [-0.15, -0.1) is 0 Å². The van der Waals surface area contributed by atoms with Crippen molar-refractivity contribution in [3.8, 4) is 5.88 Å². The van der Waals surface area contributed by atoms with Crippen LogP contribution in [0.3, 0.4) is 0 Å². The van der Waals surface area contributed by atoms with E-state index < -0.39 is 12.3 Å². The zero-order valence-corrected chi connectivity index (χ0v) is 10.7. The van der Waals surface area contributed by atoms with Crippen LogP contribution in [0.25, 0.3) is 0 Å². The highest BCUT2D eigenvalue weighted by Gasteiger charge is 2.39. The molecular formula is C12H14F3N3O2. The van der Waals surface area contributed by atoms with Gasteiger partial charge in [-0.2, -0.15) is 13.2 Å². The lowest BCUT2D eigenvalue weighted by Crippen LogP contribution is -2.32. The van der Waals surface area contributed by atoms with Crippen LogP contribution in [0.5, 0.6) is 5.88 Å². The van der Waals surface area contributed by atoms with E-state index in [9.17, 15) is 13.2 Å². The number of hydrogen-bond donors (Lipinski definition) is 2. The summed E-state index contributed by atoms with van der Waals surface area (Å²) in [5.74, 6) is -0.581. The van der Waals surface area contributed by atoms with Gasteiger partial charge < -0.3 is 15.7 Å². The minimum absolute atomic E-state index is 0.0734. The van der Waals surface area contributed by atoms with Crippen LogP contribution < -0.4 is 10.5 Å². The van der Waals surface area contributed by atoms with Crippen LogP contribution in [0.15, 0.2) is 11.2 Å². The minimum Gasteiger partial charge on any atom is -0.464 e. The Balaban J connectivity index is 2.40. The van der Waals surface area contributed by atoms with Crippen molar-refractivity contribution < 1.29 is 23.1 Å². The van der Waals surface area contributed by atoms with E-state index in [1.54, 1.807) is 6.07 Å². The van der Waals surface area contributed by atoms with E-state index in [0.29, 0.717) is 12.1 Å². The topological polar surface area (TPSA) is 80.7 Å². The van der Waals surface area contributed by atoms with Gasteiger partial charge in [0.15, 0.2) is 11.9 Å². The highest BCUT2D eigenvalue weighted by Crippen LogP contribution is 2.30. The van der Waals surface area contributed by atoms with Crippen molar-refractivity contribution in [3.05, 3.63) is 22.9 Å². The summed E-state index contributed by atoms with van der Waals surface area (Å²) in [5, 5.41) is 11.5. The molecule has 1 unspecified atom stereocenters. The van der Waals surface area contributed by atoms with Crippen molar-refractivity contribution in [2.45, 2.75) is 38.5 Å². The lowest BCUT2D eigenvalue weighted by Gasteiger charge is -2.19. The van der Waals surface area contributed by atoms with E-state index in [0.717, 1.165) is 25.3 Å². The number of nitrogens with two attached hydrogens (primary N) is 1. The molecule has 1 aliphatic carbocycles. The molecule has 0 radical (unpaired) electrons. The maximum Gasteiger partial charge on any atom is 0.425 e. The third-order valence-electron chi connectivity index (χ3n) is 3.15. The van der Waals surface area contributed by atoms with E-state index in [1.165, 1.54) is 0 Å². The van der Waals surface area contributed by atoms with Crippen molar-refractivity contribution in [3.63, 3.8) is 0 Å². The van der Waals surface area contributed by atoms with Crippen molar-refractivity contribution in [1.29, 1.82) is 0 Å². The molecule has 2 rings (SSSR count). The molecule has 1 atom stereocenters. The molecule has 5 nitrogen and oxygen atoms in total. The standard InChI is InChI=1S/C12H14F3N3O2/c1-6(12(13,14)15)20-11-8(10(16)18-19)5-7-3-2-4-9(7)17-11/h5-6,19H,2-4H2,1H3,(H2,16,18). The molecule has 1 aliphatic rings. The lowest BCUT2D eigenvalue weighted by molar-refractivity contribution is -0.190. The molecule has 110 valence electrons. The van der Waals surface area contributed by atoms with Crippen LogP contribution in [0.1, 0.15) is 30.2 Å². The number of fused-ring (bicyclic) bond motifs is 1. The first-order chi connectivity index (χ1) is 9.32. The summed E-state index contributed by atoms with van der Waals surface area (Å²) in [6.45, 7) is 0.880. The SMILES string of the molecule is CC(Oc1nc2c(cc1C(N)=NO)CCC2)C(F)(F)F. The predicted molar refractivity (Wildman–Crippen MR) is 64.9 cm³/mol. The third-order valence-corrected chi connectivity index (χ3v) is 3.15. The Bertz CT molecular complexity index is 543. The van der Waals surface area contributed by atoms with Crippen molar-refractivity contribution in [2.75, 3.05) is 0 Å². The normalized spacial score (nSPS) is 16.9. The molecule has 20 heavy (non-hydrogen) atoms.